The molecular weight excluding hydrogens is 536 g/mol. The Kier molecular flexibility index (Phi) is 6.15. The summed E-state index contributed by atoms with van der Waals surface area (Å²) in [6.45, 7) is 2.94. The van der Waals surface area contributed by atoms with Crippen molar-refractivity contribution in [2.45, 2.75) is 76.7 Å². The van der Waals surface area contributed by atoms with Gasteiger partial charge in [-0.15, -0.1) is 0 Å². The lowest BCUT2D eigenvalue weighted by Gasteiger charge is -2.52. The van der Waals surface area contributed by atoms with Crippen LogP contribution in [0.1, 0.15) is 82.3 Å². The van der Waals surface area contributed by atoms with E-state index in [9.17, 15) is 39.6 Å². The number of allylic oxidation sites excluding steroid dienone is 1. The standard InChI is InChI=1S/C34H38O8/c1-14-21-4-3-5-25(37)29(21)31(39)30-27(14)23(24-13-26(38)28(15(2)35)32(40)34(24,42)33(30)41)12-20(36)11-19-8-16-6-17-9-18(7-16)22(19)10-17/h3-5,14,16-19,22-24,27,37,39-40,42H,6-13H2,1-2H3/t14-,16?,17?,18?,19-,22?,23+,24+,27-,34+/m0/s1. The minimum Gasteiger partial charge on any atom is -0.508 e. The third-order valence-corrected chi connectivity index (χ3v) is 12.0. The first kappa shape index (κ1) is 27.6. The van der Waals surface area contributed by atoms with Gasteiger partial charge in [-0.25, -0.2) is 0 Å². The Balaban J connectivity index is 1.31. The van der Waals surface area contributed by atoms with Crippen LogP contribution in [0.4, 0.5) is 0 Å². The van der Waals surface area contributed by atoms with Crippen molar-refractivity contribution < 1.29 is 39.6 Å². The number of carbonyl (C=O) groups excluding carboxylic acids is 4. The normalized spacial score (nSPS) is 40.1. The molecule has 10 atom stereocenters. The Morgan fingerprint density at radius 2 is 1.69 bits per heavy atom. The van der Waals surface area contributed by atoms with Crippen LogP contribution in [-0.4, -0.2) is 49.2 Å². The molecule has 3 bridgehead atoms. The number of Topliss-reactive ketones (excluding diaryl/α,β-unsaturated/α-hetero) is 4. The Labute approximate surface area is 244 Å². The molecule has 0 saturated heterocycles. The molecule has 6 aliphatic carbocycles. The van der Waals surface area contributed by atoms with Gasteiger partial charge in [0.05, 0.1) is 5.56 Å². The zero-order chi connectivity index (χ0) is 29.8. The SMILES string of the molecule is CC(=O)C1=C(O)[C@@]2(O)C(=O)C3=C(O)c4c(O)cccc4[C@H](C)[C@H]3[C@H](CC(=O)C[C@@H]3CC4CC5CC(C4)C3C5)[C@H]2CC1=O. The highest BCUT2D eigenvalue weighted by atomic mass is 16.3. The van der Waals surface area contributed by atoms with Gasteiger partial charge in [0.1, 0.15) is 28.6 Å². The molecule has 0 heterocycles. The van der Waals surface area contributed by atoms with Crippen LogP contribution in [-0.2, 0) is 19.2 Å². The number of carbonyl (C=O) groups is 4. The highest BCUT2D eigenvalue weighted by molar-refractivity contribution is 6.23. The molecule has 4 fully saturated rings. The summed E-state index contributed by atoms with van der Waals surface area (Å²) in [5.74, 6) is -4.31. The van der Waals surface area contributed by atoms with Gasteiger partial charge in [0.25, 0.3) is 0 Å². The molecule has 0 amide bonds. The molecule has 42 heavy (non-hydrogen) atoms. The highest BCUT2D eigenvalue weighted by Crippen LogP contribution is 2.60. The summed E-state index contributed by atoms with van der Waals surface area (Å²) in [4.78, 5) is 53.6. The Morgan fingerprint density at radius 3 is 2.40 bits per heavy atom. The average molecular weight is 575 g/mol. The van der Waals surface area contributed by atoms with Crippen LogP contribution >= 0.6 is 0 Å². The summed E-state index contributed by atoms with van der Waals surface area (Å²) in [5.41, 5.74) is -2.77. The molecule has 0 aliphatic heterocycles. The predicted octanol–water partition coefficient (Wildman–Crippen LogP) is 4.74. The molecular formula is C34H38O8. The van der Waals surface area contributed by atoms with E-state index in [0.29, 0.717) is 35.7 Å². The molecule has 6 aliphatic rings. The molecule has 4 saturated carbocycles. The predicted molar refractivity (Wildman–Crippen MR) is 151 cm³/mol. The number of phenols is 1. The first-order chi connectivity index (χ1) is 19.9. The van der Waals surface area contributed by atoms with Crippen molar-refractivity contribution in [1.29, 1.82) is 0 Å². The molecule has 222 valence electrons. The van der Waals surface area contributed by atoms with Crippen molar-refractivity contribution in [3.63, 3.8) is 0 Å². The third-order valence-electron chi connectivity index (χ3n) is 12.0. The van der Waals surface area contributed by atoms with Gasteiger partial charge in [-0.05, 0) is 92.1 Å². The van der Waals surface area contributed by atoms with Gasteiger partial charge in [-0.1, -0.05) is 19.1 Å². The van der Waals surface area contributed by atoms with Crippen LogP contribution in [0, 0.1) is 47.3 Å². The minimum absolute atomic E-state index is 0.00696. The second-order valence-corrected chi connectivity index (χ2v) is 14.1. The van der Waals surface area contributed by atoms with Crippen molar-refractivity contribution in [2.75, 3.05) is 0 Å². The second kappa shape index (κ2) is 9.37. The summed E-state index contributed by atoms with van der Waals surface area (Å²) in [7, 11) is 0. The van der Waals surface area contributed by atoms with Crippen molar-refractivity contribution in [3.05, 3.63) is 46.2 Å². The minimum atomic E-state index is -2.65. The number of phenolic OH excluding ortho intramolecular Hbond substituents is 1. The van der Waals surface area contributed by atoms with Gasteiger partial charge in [0, 0.05) is 36.7 Å². The molecule has 8 heteroatoms. The maximum atomic E-state index is 14.1. The Morgan fingerprint density at radius 1 is 0.976 bits per heavy atom. The molecule has 0 spiro atoms. The fourth-order valence-corrected chi connectivity index (χ4v) is 10.5. The molecule has 4 N–H and O–H groups in total. The monoisotopic (exact) mass is 574 g/mol. The van der Waals surface area contributed by atoms with Gasteiger partial charge in [-0.3, -0.25) is 19.2 Å². The van der Waals surface area contributed by atoms with Gasteiger partial charge in [0.15, 0.2) is 17.2 Å². The summed E-state index contributed by atoms with van der Waals surface area (Å²) < 4.78 is 0. The van der Waals surface area contributed by atoms with Crippen LogP contribution in [0.25, 0.3) is 5.76 Å². The topological polar surface area (TPSA) is 149 Å². The maximum Gasteiger partial charge on any atom is 0.202 e. The average Bonchev–Trinajstić information content (AvgIpc) is 3.16. The van der Waals surface area contributed by atoms with E-state index in [1.54, 1.807) is 12.1 Å². The van der Waals surface area contributed by atoms with Crippen LogP contribution in [0.3, 0.4) is 0 Å². The van der Waals surface area contributed by atoms with Crippen molar-refractivity contribution in [2.24, 2.45) is 47.3 Å². The van der Waals surface area contributed by atoms with Crippen molar-refractivity contribution >= 4 is 28.9 Å². The number of hydrogen-bond acceptors (Lipinski definition) is 8. The molecule has 4 unspecified atom stereocenters. The number of fused-ring (bicyclic) bond motifs is 5. The fourth-order valence-electron chi connectivity index (χ4n) is 10.5. The molecule has 7 rings (SSSR count). The summed E-state index contributed by atoms with van der Waals surface area (Å²) in [5, 5.41) is 45.3. The second-order valence-electron chi connectivity index (χ2n) is 14.1. The zero-order valence-corrected chi connectivity index (χ0v) is 24.0. The van der Waals surface area contributed by atoms with Gasteiger partial charge < -0.3 is 20.4 Å². The van der Waals surface area contributed by atoms with E-state index in [2.05, 4.69) is 0 Å². The first-order valence-electron chi connectivity index (χ1n) is 15.4. The van der Waals surface area contributed by atoms with Gasteiger partial charge in [-0.2, -0.15) is 0 Å². The van der Waals surface area contributed by atoms with Crippen LogP contribution in [0.2, 0.25) is 0 Å². The Bertz CT molecular complexity index is 1500. The summed E-state index contributed by atoms with van der Waals surface area (Å²) in [6, 6.07) is 4.79. The quantitative estimate of drug-likeness (QED) is 0.369. The van der Waals surface area contributed by atoms with Crippen molar-refractivity contribution in [1.82, 2.24) is 0 Å². The summed E-state index contributed by atoms with van der Waals surface area (Å²) >= 11 is 0. The largest absolute Gasteiger partial charge is 0.508 e. The lowest BCUT2D eigenvalue weighted by Crippen LogP contribution is -2.62. The van der Waals surface area contributed by atoms with E-state index in [1.165, 1.54) is 31.7 Å². The van der Waals surface area contributed by atoms with Crippen LogP contribution in [0.5, 0.6) is 5.75 Å². The van der Waals surface area contributed by atoms with Crippen LogP contribution in [0.15, 0.2) is 35.1 Å². The number of aliphatic hydroxyl groups excluding tert-OH is 2. The van der Waals surface area contributed by atoms with E-state index in [1.807, 2.05) is 6.92 Å². The lowest BCUT2D eigenvalue weighted by atomic mass is 9.51. The van der Waals surface area contributed by atoms with E-state index < -0.39 is 63.7 Å². The zero-order valence-electron chi connectivity index (χ0n) is 24.0. The van der Waals surface area contributed by atoms with E-state index in [0.717, 1.165) is 19.3 Å². The molecule has 1 aromatic carbocycles. The lowest BCUT2D eigenvalue weighted by molar-refractivity contribution is -0.155. The number of ketones is 4. The van der Waals surface area contributed by atoms with Gasteiger partial charge >= 0.3 is 0 Å². The van der Waals surface area contributed by atoms with Crippen molar-refractivity contribution in [3.8, 4) is 5.75 Å². The smallest absolute Gasteiger partial charge is 0.202 e. The van der Waals surface area contributed by atoms with Crippen LogP contribution < -0.4 is 0 Å². The summed E-state index contributed by atoms with van der Waals surface area (Å²) in [6.07, 6.45) is 6.00. The fraction of sp³-hybridized carbons (Fsp3) is 0.588. The molecule has 8 nitrogen and oxygen atoms in total. The third kappa shape index (κ3) is 3.69. The number of benzene rings is 1. The number of rotatable bonds is 5. The number of aliphatic hydroxyl groups is 3. The first-order valence-corrected chi connectivity index (χ1v) is 15.4. The number of aromatic hydroxyl groups is 1. The highest BCUT2D eigenvalue weighted by Gasteiger charge is 2.65. The molecule has 0 radical (unpaired) electrons. The van der Waals surface area contributed by atoms with E-state index in [-0.39, 0.29) is 35.5 Å². The molecule has 0 aromatic heterocycles. The van der Waals surface area contributed by atoms with E-state index >= 15 is 0 Å². The van der Waals surface area contributed by atoms with Gasteiger partial charge in [0.2, 0.25) is 5.78 Å². The number of hydrogen-bond donors (Lipinski definition) is 4. The molecule has 1 aromatic rings. The maximum absolute atomic E-state index is 14.1. The van der Waals surface area contributed by atoms with E-state index in [4.69, 9.17) is 0 Å². The Hall–Kier alpha value is -3.26.